The van der Waals surface area contributed by atoms with Gasteiger partial charge in [0.2, 0.25) is 5.91 Å². The smallest absolute Gasteiger partial charge is 0.229 e. The maximum absolute atomic E-state index is 12.3. The Morgan fingerprint density at radius 1 is 1.36 bits per heavy atom. The van der Waals surface area contributed by atoms with E-state index in [1.54, 1.807) is 12.1 Å². The van der Waals surface area contributed by atoms with Crippen LogP contribution in [0.1, 0.15) is 27.7 Å². The molecular weight excluding hydrogens is 280 g/mol. The van der Waals surface area contributed by atoms with Crippen molar-refractivity contribution in [2.45, 2.75) is 27.7 Å². The maximum atomic E-state index is 12.3. The van der Waals surface area contributed by atoms with Crippen LogP contribution in [-0.2, 0) is 4.79 Å². The van der Waals surface area contributed by atoms with Gasteiger partial charge in [-0.2, -0.15) is 0 Å². The molecule has 0 aliphatic heterocycles. The van der Waals surface area contributed by atoms with Crippen LogP contribution in [0.25, 0.3) is 0 Å². The molecule has 4 N–H and O–H groups in total. The van der Waals surface area contributed by atoms with Crippen molar-refractivity contribution in [3.63, 3.8) is 0 Å². The van der Waals surface area contributed by atoms with Gasteiger partial charge in [0.1, 0.15) is 11.6 Å². The Kier molecular flexibility index (Phi) is 3.96. The summed E-state index contributed by atoms with van der Waals surface area (Å²) in [6, 6.07) is 3.33. The lowest BCUT2D eigenvalue weighted by Crippen LogP contribution is -2.18. The first-order valence-corrected chi connectivity index (χ1v) is 7.11. The molecule has 0 aromatic carbocycles. The number of nitrogens with one attached hydrogen (secondary N) is 2. The van der Waals surface area contributed by atoms with E-state index < -0.39 is 0 Å². The minimum atomic E-state index is -0.0255. The molecule has 1 saturated carbocycles. The Morgan fingerprint density at radius 3 is 2.41 bits per heavy atom. The zero-order chi connectivity index (χ0) is 16.5. The second-order valence-electron chi connectivity index (χ2n) is 6.56. The van der Waals surface area contributed by atoms with Gasteiger partial charge in [-0.15, -0.1) is 0 Å². The van der Waals surface area contributed by atoms with Crippen molar-refractivity contribution in [2.24, 2.45) is 22.5 Å². The summed E-state index contributed by atoms with van der Waals surface area (Å²) in [5, 5.41) is 9.93. The second kappa shape index (κ2) is 5.44. The van der Waals surface area contributed by atoms with Gasteiger partial charge in [-0.1, -0.05) is 27.7 Å². The van der Waals surface area contributed by atoms with Crippen molar-refractivity contribution in [2.75, 3.05) is 5.32 Å². The van der Waals surface area contributed by atoms with Gasteiger partial charge in [0.05, 0.1) is 12.4 Å². The molecule has 1 heterocycles. The summed E-state index contributed by atoms with van der Waals surface area (Å²) in [5.74, 6) is 1.11. The second-order valence-corrected chi connectivity index (χ2v) is 6.56. The molecule has 6 nitrogen and oxygen atoms in total. The third-order valence-electron chi connectivity index (χ3n) is 4.81. The van der Waals surface area contributed by atoms with Crippen LogP contribution in [0.15, 0.2) is 30.3 Å². The number of carbonyl (C=O) groups excluding carboxylic acids is 1. The normalized spacial score (nSPS) is 19.4. The Hall–Kier alpha value is -2.37. The fourth-order valence-corrected chi connectivity index (χ4v) is 2.81. The van der Waals surface area contributed by atoms with Crippen LogP contribution in [0.2, 0.25) is 0 Å². The van der Waals surface area contributed by atoms with Crippen LogP contribution in [0.4, 0.5) is 5.82 Å². The first-order valence-electron chi connectivity index (χ1n) is 7.11. The zero-order valence-corrected chi connectivity index (χ0v) is 13.3. The molecule has 0 atom stereocenters. The summed E-state index contributed by atoms with van der Waals surface area (Å²) < 4.78 is 5.32. The average Bonchev–Trinajstić information content (AvgIpc) is 2.87. The van der Waals surface area contributed by atoms with E-state index in [-0.39, 0.29) is 28.4 Å². The van der Waals surface area contributed by atoms with Gasteiger partial charge in [-0.25, -0.2) is 4.98 Å². The Morgan fingerprint density at radius 2 is 2.00 bits per heavy atom. The van der Waals surface area contributed by atoms with E-state index in [0.717, 1.165) is 6.21 Å². The van der Waals surface area contributed by atoms with E-state index in [0.29, 0.717) is 11.6 Å². The first-order chi connectivity index (χ1) is 10.2. The minimum absolute atomic E-state index is 0.00901. The van der Waals surface area contributed by atoms with E-state index in [2.05, 4.69) is 38.0 Å². The summed E-state index contributed by atoms with van der Waals surface area (Å²) >= 11 is 0. The van der Waals surface area contributed by atoms with Crippen molar-refractivity contribution in [3.05, 3.63) is 30.3 Å². The van der Waals surface area contributed by atoms with Crippen molar-refractivity contribution >= 4 is 17.9 Å². The van der Waals surface area contributed by atoms with E-state index in [1.165, 1.54) is 12.4 Å². The number of allylic oxidation sites excluding steroid dienone is 1. The number of aromatic nitrogens is 1. The highest BCUT2D eigenvalue weighted by Crippen LogP contribution is 2.68. The van der Waals surface area contributed by atoms with Gasteiger partial charge < -0.3 is 21.2 Å². The van der Waals surface area contributed by atoms with Gasteiger partial charge in [0.15, 0.2) is 5.76 Å². The lowest BCUT2D eigenvalue weighted by molar-refractivity contribution is -0.118. The molecule has 1 fully saturated rings. The van der Waals surface area contributed by atoms with Crippen LogP contribution < -0.4 is 15.8 Å². The van der Waals surface area contributed by atoms with Gasteiger partial charge in [-0.05, 0) is 23.0 Å². The quantitative estimate of drug-likeness (QED) is 0.574. The topological polar surface area (TPSA) is 101 Å². The lowest BCUT2D eigenvalue weighted by atomic mass is 10.0. The van der Waals surface area contributed by atoms with Crippen molar-refractivity contribution in [3.8, 4) is 5.75 Å². The Balaban J connectivity index is 2.01. The van der Waals surface area contributed by atoms with Crippen molar-refractivity contribution < 1.29 is 9.53 Å². The predicted octanol–water partition coefficient (Wildman–Crippen LogP) is 2.53. The number of rotatable bonds is 5. The van der Waals surface area contributed by atoms with Crippen LogP contribution in [0, 0.1) is 22.2 Å². The number of hydrogen-bond acceptors (Lipinski definition) is 5. The van der Waals surface area contributed by atoms with Crippen molar-refractivity contribution in [1.82, 2.24) is 4.98 Å². The summed E-state index contributed by atoms with van der Waals surface area (Å²) in [6.45, 7) is 8.39. The largest absolute Gasteiger partial charge is 0.453 e. The fourth-order valence-electron chi connectivity index (χ4n) is 2.81. The number of amides is 1. The number of nitrogens with zero attached hydrogens (tertiary/aromatic N) is 1. The first kappa shape index (κ1) is 16.0. The van der Waals surface area contributed by atoms with Gasteiger partial charge in [0.25, 0.3) is 0 Å². The third kappa shape index (κ3) is 2.68. The number of hydrogen-bond donors (Lipinski definition) is 3. The van der Waals surface area contributed by atoms with E-state index >= 15 is 0 Å². The standard InChI is InChI=1S/C16H22N4O2/c1-15(2)13(16(15,3)4)14(21)20-12-6-5-10(9-19-12)22-11(7-17)8-18/h5-9,13,17H,18H2,1-4H3,(H,19,20,21)/b11-8+,17-7?. The molecule has 0 spiro atoms. The third-order valence-corrected chi connectivity index (χ3v) is 4.81. The highest BCUT2D eigenvalue weighted by atomic mass is 16.5. The van der Waals surface area contributed by atoms with E-state index in [1.807, 2.05) is 0 Å². The highest BCUT2D eigenvalue weighted by molar-refractivity contribution is 5.95. The maximum Gasteiger partial charge on any atom is 0.229 e. The molecule has 0 unspecified atom stereocenters. The summed E-state index contributed by atoms with van der Waals surface area (Å²) in [7, 11) is 0. The molecule has 6 heteroatoms. The molecule has 1 amide bonds. The molecule has 1 aliphatic carbocycles. The number of pyridine rings is 1. The summed E-state index contributed by atoms with van der Waals surface area (Å²) in [5.41, 5.74) is 5.28. The SMILES string of the molecule is CC1(C)C(C(=O)Nc2ccc(O/C(C=N)=C/N)cn2)C1(C)C. The lowest BCUT2D eigenvalue weighted by Gasteiger charge is -2.08. The number of ether oxygens (including phenoxy) is 1. The van der Waals surface area contributed by atoms with Crippen LogP contribution in [-0.4, -0.2) is 17.1 Å². The molecule has 0 saturated heterocycles. The number of anilines is 1. The van der Waals surface area contributed by atoms with Crippen LogP contribution >= 0.6 is 0 Å². The Labute approximate surface area is 130 Å². The minimum Gasteiger partial charge on any atom is -0.453 e. The van der Waals surface area contributed by atoms with Gasteiger partial charge in [-0.3, -0.25) is 4.79 Å². The summed E-state index contributed by atoms with van der Waals surface area (Å²) in [6.07, 6.45) is 3.68. The van der Waals surface area contributed by atoms with Crippen LogP contribution in [0.3, 0.4) is 0 Å². The average molecular weight is 302 g/mol. The van der Waals surface area contributed by atoms with E-state index in [4.69, 9.17) is 15.9 Å². The zero-order valence-electron chi connectivity index (χ0n) is 13.3. The molecule has 2 rings (SSSR count). The van der Waals surface area contributed by atoms with Crippen molar-refractivity contribution in [1.29, 1.82) is 5.41 Å². The molecule has 1 aromatic heterocycles. The molecular formula is C16H22N4O2. The molecule has 0 bridgehead atoms. The highest BCUT2D eigenvalue weighted by Gasteiger charge is 2.68. The monoisotopic (exact) mass is 302 g/mol. The fraction of sp³-hybridized carbons (Fsp3) is 0.438. The van der Waals surface area contributed by atoms with Gasteiger partial charge >= 0.3 is 0 Å². The van der Waals surface area contributed by atoms with E-state index in [9.17, 15) is 4.79 Å². The van der Waals surface area contributed by atoms with Gasteiger partial charge in [0, 0.05) is 12.1 Å². The number of nitrogens with two attached hydrogens (primary N) is 1. The molecule has 118 valence electrons. The molecule has 1 aromatic rings. The summed E-state index contributed by atoms with van der Waals surface area (Å²) in [4.78, 5) is 16.5. The molecule has 22 heavy (non-hydrogen) atoms. The molecule has 1 aliphatic rings. The molecule has 0 radical (unpaired) electrons. The number of carbonyl (C=O) groups is 1. The van der Waals surface area contributed by atoms with Crippen LogP contribution in [0.5, 0.6) is 5.75 Å². The Bertz CT molecular complexity index is 604. The predicted molar refractivity (Wildman–Crippen MR) is 85.6 cm³/mol.